The maximum Gasteiger partial charge on any atom is 0.317 e. The molecule has 2 amide bonds. The standard InChI is InChI=1S/C19H32N4O2/c1-15(24)9-12-22(4)19(25)20-16-10-13-23(14-11-16)18-7-5-17(6-8-18)21(2)3/h5-8,15-16,24H,9-14H2,1-4H3,(H,20,25). The number of carbonyl (C=O) groups excluding carboxylic acids is 1. The van der Waals surface area contributed by atoms with E-state index in [0.29, 0.717) is 13.0 Å². The molecule has 0 radical (unpaired) electrons. The summed E-state index contributed by atoms with van der Waals surface area (Å²) < 4.78 is 0. The first kappa shape index (κ1) is 19.4. The third-order valence-electron chi connectivity index (χ3n) is 4.78. The number of hydrogen-bond donors (Lipinski definition) is 2. The van der Waals surface area contributed by atoms with Gasteiger partial charge in [-0.25, -0.2) is 4.79 Å². The summed E-state index contributed by atoms with van der Waals surface area (Å²) in [4.78, 5) is 18.3. The van der Waals surface area contributed by atoms with Crippen molar-refractivity contribution in [1.29, 1.82) is 0 Å². The summed E-state index contributed by atoms with van der Waals surface area (Å²) in [6.45, 7) is 4.21. The lowest BCUT2D eigenvalue weighted by Crippen LogP contribution is -2.48. The fourth-order valence-electron chi connectivity index (χ4n) is 3.01. The van der Waals surface area contributed by atoms with Crippen molar-refractivity contribution in [3.05, 3.63) is 24.3 Å². The lowest BCUT2D eigenvalue weighted by Gasteiger charge is -2.35. The van der Waals surface area contributed by atoms with Crippen molar-refractivity contribution in [2.24, 2.45) is 0 Å². The number of aliphatic hydroxyl groups is 1. The Balaban J connectivity index is 1.78. The van der Waals surface area contributed by atoms with E-state index < -0.39 is 0 Å². The number of rotatable bonds is 6. The molecule has 6 nitrogen and oxygen atoms in total. The van der Waals surface area contributed by atoms with Crippen LogP contribution in [0.25, 0.3) is 0 Å². The first-order valence-corrected chi connectivity index (χ1v) is 9.09. The second-order valence-electron chi connectivity index (χ2n) is 7.18. The van der Waals surface area contributed by atoms with Crippen molar-refractivity contribution in [3.8, 4) is 0 Å². The van der Waals surface area contributed by atoms with Gasteiger partial charge in [-0.3, -0.25) is 0 Å². The number of carbonyl (C=O) groups is 1. The number of amides is 2. The van der Waals surface area contributed by atoms with Crippen LogP contribution in [0.3, 0.4) is 0 Å². The number of benzene rings is 1. The van der Waals surface area contributed by atoms with Crippen molar-refractivity contribution in [2.45, 2.75) is 38.3 Å². The van der Waals surface area contributed by atoms with E-state index in [2.05, 4.69) is 39.4 Å². The third kappa shape index (κ3) is 5.81. The Morgan fingerprint density at radius 2 is 1.84 bits per heavy atom. The van der Waals surface area contributed by atoms with Gasteiger partial charge in [0.15, 0.2) is 0 Å². The van der Waals surface area contributed by atoms with Crippen LogP contribution in [0.15, 0.2) is 24.3 Å². The summed E-state index contributed by atoms with van der Waals surface area (Å²) in [5.74, 6) is 0. The number of nitrogens with zero attached hydrogens (tertiary/aromatic N) is 3. The van der Waals surface area contributed by atoms with Crippen LogP contribution in [-0.4, -0.2) is 69.0 Å². The zero-order chi connectivity index (χ0) is 18.4. The predicted octanol–water partition coefficient (Wildman–Crippen LogP) is 2.13. The smallest absolute Gasteiger partial charge is 0.317 e. The average molecular weight is 348 g/mol. The van der Waals surface area contributed by atoms with Gasteiger partial charge < -0.3 is 25.1 Å². The Labute approximate surface area is 151 Å². The van der Waals surface area contributed by atoms with Crippen molar-refractivity contribution in [2.75, 3.05) is 50.6 Å². The summed E-state index contributed by atoms with van der Waals surface area (Å²) in [6, 6.07) is 8.78. The molecule has 1 aromatic carbocycles. The molecule has 25 heavy (non-hydrogen) atoms. The molecule has 1 aromatic rings. The van der Waals surface area contributed by atoms with Crippen molar-refractivity contribution < 1.29 is 9.90 Å². The molecule has 0 spiro atoms. The van der Waals surface area contributed by atoms with Crippen molar-refractivity contribution in [3.63, 3.8) is 0 Å². The first-order chi connectivity index (χ1) is 11.9. The predicted molar refractivity (Wildman–Crippen MR) is 103 cm³/mol. The van der Waals surface area contributed by atoms with Crippen LogP contribution in [0.4, 0.5) is 16.2 Å². The monoisotopic (exact) mass is 348 g/mol. The molecule has 1 unspecified atom stereocenters. The van der Waals surface area contributed by atoms with Gasteiger partial charge in [0, 0.05) is 58.2 Å². The molecule has 1 fully saturated rings. The quantitative estimate of drug-likeness (QED) is 0.827. The first-order valence-electron chi connectivity index (χ1n) is 9.09. The molecule has 140 valence electrons. The van der Waals surface area contributed by atoms with Gasteiger partial charge in [0.25, 0.3) is 0 Å². The lowest BCUT2D eigenvalue weighted by atomic mass is 10.0. The van der Waals surface area contributed by atoms with Gasteiger partial charge in [-0.2, -0.15) is 0 Å². The van der Waals surface area contributed by atoms with E-state index in [1.54, 1.807) is 18.9 Å². The van der Waals surface area contributed by atoms with Gasteiger partial charge in [0.05, 0.1) is 6.10 Å². The molecule has 1 heterocycles. The number of aliphatic hydroxyl groups excluding tert-OH is 1. The van der Waals surface area contributed by atoms with Crippen LogP contribution < -0.4 is 15.1 Å². The second kappa shape index (κ2) is 8.94. The molecule has 1 aliphatic rings. The molecule has 0 aromatic heterocycles. The molecule has 0 bridgehead atoms. The molecule has 6 heteroatoms. The molecule has 2 rings (SSSR count). The Bertz CT molecular complexity index is 537. The molecule has 1 saturated heterocycles. The van der Waals surface area contributed by atoms with Gasteiger partial charge in [-0.1, -0.05) is 0 Å². The van der Waals surface area contributed by atoms with Crippen LogP contribution in [-0.2, 0) is 0 Å². The van der Waals surface area contributed by atoms with E-state index in [9.17, 15) is 9.90 Å². The number of hydrogen-bond acceptors (Lipinski definition) is 4. The Morgan fingerprint density at radius 1 is 1.24 bits per heavy atom. The molecule has 2 N–H and O–H groups in total. The van der Waals surface area contributed by atoms with E-state index in [0.717, 1.165) is 25.9 Å². The highest BCUT2D eigenvalue weighted by molar-refractivity contribution is 5.74. The Hall–Kier alpha value is -1.95. The minimum absolute atomic E-state index is 0.0468. The molecule has 1 aliphatic heterocycles. The van der Waals surface area contributed by atoms with Gasteiger partial charge >= 0.3 is 6.03 Å². The van der Waals surface area contributed by atoms with E-state index in [1.807, 2.05) is 14.1 Å². The summed E-state index contributed by atoms with van der Waals surface area (Å²) in [6.07, 6.45) is 2.12. The van der Waals surface area contributed by atoms with E-state index in [4.69, 9.17) is 0 Å². The topological polar surface area (TPSA) is 59.1 Å². The fraction of sp³-hybridized carbons (Fsp3) is 0.632. The van der Waals surface area contributed by atoms with Gasteiger partial charge in [-0.05, 0) is 50.5 Å². The number of anilines is 2. The third-order valence-corrected chi connectivity index (χ3v) is 4.78. The van der Waals surface area contributed by atoms with Crippen LogP contribution >= 0.6 is 0 Å². The number of nitrogens with one attached hydrogen (secondary N) is 1. The van der Waals surface area contributed by atoms with E-state index >= 15 is 0 Å². The molecule has 0 saturated carbocycles. The fourth-order valence-corrected chi connectivity index (χ4v) is 3.01. The minimum atomic E-state index is -0.377. The van der Waals surface area contributed by atoms with Gasteiger partial charge in [0.2, 0.25) is 0 Å². The summed E-state index contributed by atoms with van der Waals surface area (Å²) in [7, 11) is 5.86. The van der Waals surface area contributed by atoms with Gasteiger partial charge in [0.1, 0.15) is 0 Å². The van der Waals surface area contributed by atoms with E-state index in [-0.39, 0.29) is 18.2 Å². The number of piperidine rings is 1. The Morgan fingerprint density at radius 3 is 2.36 bits per heavy atom. The van der Waals surface area contributed by atoms with Crippen molar-refractivity contribution >= 4 is 17.4 Å². The SMILES string of the molecule is CC(O)CCN(C)C(=O)NC1CCN(c2ccc(N(C)C)cc2)CC1. The Kier molecular flexibility index (Phi) is 6.93. The van der Waals surface area contributed by atoms with Crippen LogP contribution in [0.2, 0.25) is 0 Å². The number of urea groups is 1. The summed E-state index contributed by atoms with van der Waals surface area (Å²) >= 11 is 0. The largest absolute Gasteiger partial charge is 0.393 e. The molecule has 1 atom stereocenters. The lowest BCUT2D eigenvalue weighted by molar-refractivity contribution is 0.161. The highest BCUT2D eigenvalue weighted by Gasteiger charge is 2.22. The van der Waals surface area contributed by atoms with Crippen LogP contribution in [0, 0.1) is 0 Å². The average Bonchev–Trinajstić information content (AvgIpc) is 2.60. The molecular formula is C19H32N4O2. The molecular weight excluding hydrogens is 316 g/mol. The molecule has 0 aliphatic carbocycles. The minimum Gasteiger partial charge on any atom is -0.393 e. The maximum absolute atomic E-state index is 12.2. The summed E-state index contributed by atoms with van der Waals surface area (Å²) in [5.41, 5.74) is 2.44. The highest BCUT2D eigenvalue weighted by atomic mass is 16.3. The highest BCUT2D eigenvalue weighted by Crippen LogP contribution is 2.23. The normalized spacial score (nSPS) is 16.4. The van der Waals surface area contributed by atoms with Gasteiger partial charge in [-0.15, -0.1) is 0 Å². The zero-order valence-electron chi connectivity index (χ0n) is 15.9. The second-order valence-corrected chi connectivity index (χ2v) is 7.18. The summed E-state index contributed by atoms with van der Waals surface area (Å²) in [5, 5.41) is 12.4. The van der Waals surface area contributed by atoms with Crippen LogP contribution in [0.5, 0.6) is 0 Å². The maximum atomic E-state index is 12.2. The van der Waals surface area contributed by atoms with Crippen molar-refractivity contribution in [1.82, 2.24) is 10.2 Å². The zero-order valence-corrected chi connectivity index (χ0v) is 15.9. The van der Waals surface area contributed by atoms with E-state index in [1.165, 1.54) is 11.4 Å². The van der Waals surface area contributed by atoms with Crippen LogP contribution in [0.1, 0.15) is 26.2 Å².